The molecule has 1 aliphatic heterocycles. The normalized spacial score (nSPS) is 26.8. The summed E-state index contributed by atoms with van der Waals surface area (Å²) in [7, 11) is 0. The standard InChI is InChI=1S/C25H34O9/c26-14-21-22(30)23(31)24(32)25(34-21)33-20(12-6-16-3-9-18(28)10-4-16)13-19(29)11-5-15-1-7-17(27)8-2-15/h1-4,7-10,19-32H,5-6,11-14H2/t19-,20-,21+,22-,23+,24+,25-/m1/s1. The van der Waals surface area contributed by atoms with Crippen molar-refractivity contribution in [2.75, 3.05) is 6.61 Å². The van der Waals surface area contributed by atoms with E-state index >= 15 is 0 Å². The zero-order chi connectivity index (χ0) is 24.7. The summed E-state index contributed by atoms with van der Waals surface area (Å²) in [6.45, 7) is -0.557. The second-order valence-electron chi connectivity index (χ2n) is 8.76. The summed E-state index contributed by atoms with van der Waals surface area (Å²) in [5, 5.41) is 69.4. The Morgan fingerprint density at radius 1 is 0.765 bits per heavy atom. The number of aliphatic hydroxyl groups is 5. The molecule has 0 aromatic heterocycles. The summed E-state index contributed by atoms with van der Waals surface area (Å²) >= 11 is 0. The van der Waals surface area contributed by atoms with Gasteiger partial charge in [0.25, 0.3) is 0 Å². The van der Waals surface area contributed by atoms with Gasteiger partial charge < -0.3 is 45.2 Å². The van der Waals surface area contributed by atoms with Gasteiger partial charge in [0.05, 0.1) is 18.8 Å². The fourth-order valence-corrected chi connectivity index (χ4v) is 4.02. The fourth-order valence-electron chi connectivity index (χ4n) is 4.02. The maximum atomic E-state index is 10.7. The molecule has 0 amide bonds. The highest BCUT2D eigenvalue weighted by Crippen LogP contribution is 2.26. The van der Waals surface area contributed by atoms with Crippen LogP contribution in [0.25, 0.3) is 0 Å². The Hall–Kier alpha value is -2.24. The molecule has 0 aliphatic carbocycles. The van der Waals surface area contributed by atoms with E-state index in [0.29, 0.717) is 25.7 Å². The molecule has 0 bridgehead atoms. The zero-order valence-corrected chi connectivity index (χ0v) is 18.8. The summed E-state index contributed by atoms with van der Waals surface area (Å²) < 4.78 is 11.4. The number of aromatic hydroxyl groups is 2. The highest BCUT2D eigenvalue weighted by atomic mass is 16.7. The molecule has 0 spiro atoms. The van der Waals surface area contributed by atoms with E-state index in [0.717, 1.165) is 11.1 Å². The van der Waals surface area contributed by atoms with Crippen molar-refractivity contribution in [2.24, 2.45) is 0 Å². The predicted molar refractivity (Wildman–Crippen MR) is 122 cm³/mol. The average molecular weight is 479 g/mol. The maximum absolute atomic E-state index is 10.7. The van der Waals surface area contributed by atoms with Gasteiger partial charge in [-0.25, -0.2) is 0 Å². The van der Waals surface area contributed by atoms with Crippen LogP contribution in [-0.4, -0.2) is 85.3 Å². The summed E-state index contributed by atoms with van der Waals surface area (Å²) in [4.78, 5) is 0. The van der Waals surface area contributed by atoms with E-state index < -0.39 is 49.5 Å². The lowest BCUT2D eigenvalue weighted by Gasteiger charge is -2.41. The van der Waals surface area contributed by atoms with Crippen LogP contribution < -0.4 is 0 Å². The first kappa shape index (κ1) is 26.4. The lowest BCUT2D eigenvalue weighted by atomic mass is 9.97. The number of phenolic OH excluding ortho intramolecular Hbond substituents is 2. The second kappa shape index (κ2) is 12.5. The van der Waals surface area contributed by atoms with Crippen molar-refractivity contribution in [3.63, 3.8) is 0 Å². The predicted octanol–water partition coefficient (Wildman–Crippen LogP) is 0.599. The van der Waals surface area contributed by atoms with Crippen molar-refractivity contribution in [3.05, 3.63) is 59.7 Å². The molecular weight excluding hydrogens is 444 g/mol. The lowest BCUT2D eigenvalue weighted by molar-refractivity contribution is -0.313. The van der Waals surface area contributed by atoms with Crippen LogP contribution >= 0.6 is 0 Å². The quantitative estimate of drug-likeness (QED) is 0.245. The van der Waals surface area contributed by atoms with Gasteiger partial charge in [-0.2, -0.15) is 0 Å². The number of aryl methyl sites for hydroxylation is 2. The van der Waals surface area contributed by atoms with Gasteiger partial charge in [-0.05, 0) is 67.5 Å². The molecular formula is C25H34O9. The first-order valence-corrected chi connectivity index (χ1v) is 11.5. The number of rotatable bonds is 11. The summed E-state index contributed by atoms with van der Waals surface area (Å²) in [6.07, 6.45) is -5.94. The number of hydrogen-bond donors (Lipinski definition) is 7. The Morgan fingerprint density at radius 2 is 1.29 bits per heavy atom. The van der Waals surface area contributed by atoms with Crippen LogP contribution in [0.4, 0.5) is 0 Å². The van der Waals surface area contributed by atoms with E-state index in [2.05, 4.69) is 0 Å². The molecule has 1 heterocycles. The van der Waals surface area contributed by atoms with Gasteiger partial charge in [-0.3, -0.25) is 0 Å². The minimum Gasteiger partial charge on any atom is -0.508 e. The van der Waals surface area contributed by atoms with E-state index in [1.54, 1.807) is 48.5 Å². The maximum Gasteiger partial charge on any atom is 0.186 e. The van der Waals surface area contributed by atoms with Crippen LogP contribution in [0.3, 0.4) is 0 Å². The molecule has 188 valence electrons. The average Bonchev–Trinajstić information content (AvgIpc) is 2.83. The van der Waals surface area contributed by atoms with Crippen LogP contribution in [-0.2, 0) is 22.3 Å². The van der Waals surface area contributed by atoms with Crippen molar-refractivity contribution < 1.29 is 45.2 Å². The molecule has 1 aliphatic rings. The SMILES string of the molecule is OC[C@@H]1O[C@@H](O[C@H](CCc2ccc(O)cc2)C[C@H](O)CCc2ccc(O)cc2)[C@@H](O)[C@@H](O)[C@@H]1O. The van der Waals surface area contributed by atoms with Gasteiger partial charge in [0.1, 0.15) is 35.9 Å². The molecule has 9 nitrogen and oxygen atoms in total. The summed E-state index contributed by atoms with van der Waals surface area (Å²) in [5.41, 5.74) is 1.91. The van der Waals surface area contributed by atoms with Gasteiger partial charge in [0.15, 0.2) is 6.29 Å². The number of hydrogen-bond acceptors (Lipinski definition) is 9. The third kappa shape index (κ3) is 7.38. The minimum absolute atomic E-state index is 0.155. The molecule has 9 heteroatoms. The highest BCUT2D eigenvalue weighted by Gasteiger charge is 2.44. The molecule has 34 heavy (non-hydrogen) atoms. The van der Waals surface area contributed by atoms with Crippen LogP contribution in [0, 0.1) is 0 Å². The molecule has 0 unspecified atom stereocenters. The number of phenols is 2. The van der Waals surface area contributed by atoms with Crippen LogP contribution in [0.1, 0.15) is 30.4 Å². The Labute approximate surface area is 198 Å². The third-order valence-corrected chi connectivity index (χ3v) is 6.10. The smallest absolute Gasteiger partial charge is 0.186 e. The van der Waals surface area contributed by atoms with Crippen molar-refractivity contribution in [1.82, 2.24) is 0 Å². The first-order chi connectivity index (χ1) is 16.3. The van der Waals surface area contributed by atoms with E-state index in [9.17, 15) is 35.7 Å². The number of ether oxygens (including phenoxy) is 2. The van der Waals surface area contributed by atoms with Gasteiger partial charge in [-0.15, -0.1) is 0 Å². The minimum atomic E-state index is -1.55. The molecule has 0 saturated carbocycles. The second-order valence-corrected chi connectivity index (χ2v) is 8.76. The third-order valence-electron chi connectivity index (χ3n) is 6.10. The van der Waals surface area contributed by atoms with Crippen molar-refractivity contribution >= 4 is 0 Å². The van der Waals surface area contributed by atoms with Gasteiger partial charge in [0.2, 0.25) is 0 Å². The van der Waals surface area contributed by atoms with Gasteiger partial charge in [-0.1, -0.05) is 24.3 Å². The van der Waals surface area contributed by atoms with Crippen molar-refractivity contribution in [1.29, 1.82) is 0 Å². The fraction of sp³-hybridized carbons (Fsp3) is 0.520. The molecule has 7 N–H and O–H groups in total. The highest BCUT2D eigenvalue weighted by molar-refractivity contribution is 5.26. The molecule has 1 fully saturated rings. The molecule has 2 aromatic carbocycles. The van der Waals surface area contributed by atoms with E-state index in [-0.39, 0.29) is 17.9 Å². The van der Waals surface area contributed by atoms with E-state index in [1.165, 1.54) is 0 Å². The topological polar surface area (TPSA) is 160 Å². The lowest BCUT2D eigenvalue weighted by Crippen LogP contribution is -2.59. The number of benzene rings is 2. The van der Waals surface area contributed by atoms with Crippen molar-refractivity contribution in [3.8, 4) is 11.5 Å². The van der Waals surface area contributed by atoms with E-state index in [4.69, 9.17) is 9.47 Å². The van der Waals surface area contributed by atoms with Crippen LogP contribution in [0.5, 0.6) is 11.5 Å². The Kier molecular flexibility index (Phi) is 9.66. The molecule has 7 atom stereocenters. The largest absolute Gasteiger partial charge is 0.508 e. The van der Waals surface area contributed by atoms with Crippen LogP contribution in [0.2, 0.25) is 0 Å². The Balaban J connectivity index is 1.64. The molecule has 0 radical (unpaired) electrons. The summed E-state index contributed by atoms with van der Waals surface area (Å²) in [6, 6.07) is 13.5. The Morgan fingerprint density at radius 3 is 1.82 bits per heavy atom. The monoisotopic (exact) mass is 478 g/mol. The first-order valence-electron chi connectivity index (χ1n) is 11.5. The van der Waals surface area contributed by atoms with E-state index in [1.807, 2.05) is 0 Å². The van der Waals surface area contributed by atoms with Gasteiger partial charge in [0, 0.05) is 0 Å². The van der Waals surface area contributed by atoms with Crippen LogP contribution in [0.15, 0.2) is 48.5 Å². The zero-order valence-electron chi connectivity index (χ0n) is 18.8. The molecule has 3 rings (SSSR count). The molecule has 2 aromatic rings. The summed E-state index contributed by atoms with van der Waals surface area (Å²) in [5.74, 6) is 0.328. The Bertz CT molecular complexity index is 856. The van der Waals surface area contributed by atoms with Crippen molar-refractivity contribution in [2.45, 2.75) is 75.0 Å². The molecule has 1 saturated heterocycles. The number of aliphatic hydroxyl groups excluding tert-OH is 5. The van der Waals surface area contributed by atoms with Gasteiger partial charge >= 0.3 is 0 Å².